The number of carbonyl (C=O) groups excluding carboxylic acids is 1. The Morgan fingerprint density at radius 3 is 2.73 bits per heavy atom. The van der Waals surface area contributed by atoms with Crippen molar-refractivity contribution in [2.24, 2.45) is 10.9 Å². The predicted octanol–water partition coefficient (Wildman–Crippen LogP) is 2.03. The Morgan fingerprint density at radius 1 is 1.38 bits per heavy atom. The molecule has 26 heavy (non-hydrogen) atoms. The second kappa shape index (κ2) is 11.3. The van der Waals surface area contributed by atoms with Gasteiger partial charge in [-0.2, -0.15) is 0 Å². The number of hydrogen-bond acceptors (Lipinski definition) is 3. The number of benzene rings is 1. The molecular formula is C18H28FIN4O2. The topological polar surface area (TPSA) is 66.0 Å². The fraction of sp³-hybridized carbons (Fsp3) is 0.556. The molecule has 1 aliphatic heterocycles. The summed E-state index contributed by atoms with van der Waals surface area (Å²) in [6, 6.07) is 4.48. The van der Waals surface area contributed by atoms with Gasteiger partial charge in [0.2, 0.25) is 0 Å². The molecule has 1 saturated heterocycles. The third-order valence-electron chi connectivity index (χ3n) is 4.26. The van der Waals surface area contributed by atoms with Crippen molar-refractivity contribution in [1.82, 2.24) is 15.5 Å². The largest absolute Gasteiger partial charge is 0.381 e. The van der Waals surface area contributed by atoms with Crippen LogP contribution in [0.4, 0.5) is 4.39 Å². The Kier molecular flexibility index (Phi) is 9.85. The van der Waals surface area contributed by atoms with E-state index in [1.165, 1.54) is 6.07 Å². The molecule has 146 valence electrons. The monoisotopic (exact) mass is 478 g/mol. The Balaban J connectivity index is 0.00000338. The van der Waals surface area contributed by atoms with Crippen LogP contribution in [0, 0.1) is 18.7 Å². The smallest absolute Gasteiger partial charge is 0.251 e. The van der Waals surface area contributed by atoms with Crippen molar-refractivity contribution in [3.05, 3.63) is 35.1 Å². The van der Waals surface area contributed by atoms with E-state index in [0.717, 1.165) is 32.1 Å². The number of nitrogens with one attached hydrogen (secondary N) is 2. The van der Waals surface area contributed by atoms with Gasteiger partial charge in [-0.05, 0) is 31.0 Å². The summed E-state index contributed by atoms with van der Waals surface area (Å²) in [4.78, 5) is 18.3. The van der Waals surface area contributed by atoms with Crippen molar-refractivity contribution in [2.45, 2.75) is 13.3 Å². The molecule has 0 aromatic heterocycles. The number of halogens is 2. The maximum Gasteiger partial charge on any atom is 0.251 e. The second-order valence-electron chi connectivity index (χ2n) is 6.30. The summed E-state index contributed by atoms with van der Waals surface area (Å²) in [6.07, 6.45) is 1.07. The maximum absolute atomic E-state index is 13.5. The van der Waals surface area contributed by atoms with Crippen LogP contribution < -0.4 is 10.6 Å². The zero-order chi connectivity index (χ0) is 18.2. The van der Waals surface area contributed by atoms with E-state index >= 15 is 0 Å². The fourth-order valence-electron chi connectivity index (χ4n) is 2.77. The lowest BCUT2D eigenvalue weighted by atomic mass is 10.1. The van der Waals surface area contributed by atoms with Gasteiger partial charge in [-0.1, -0.05) is 6.07 Å². The summed E-state index contributed by atoms with van der Waals surface area (Å²) in [7, 11) is 3.72. The molecular weight excluding hydrogens is 450 g/mol. The lowest BCUT2D eigenvalue weighted by molar-refractivity contribution is 0.0954. The van der Waals surface area contributed by atoms with E-state index in [-0.39, 0.29) is 35.7 Å². The molecule has 1 aliphatic rings. The van der Waals surface area contributed by atoms with Gasteiger partial charge in [0, 0.05) is 51.8 Å². The molecule has 0 aliphatic carbocycles. The highest BCUT2D eigenvalue weighted by molar-refractivity contribution is 14.0. The molecule has 2 N–H and O–H groups in total. The Hall–Kier alpha value is -1.42. The van der Waals surface area contributed by atoms with Gasteiger partial charge in [0.1, 0.15) is 5.82 Å². The summed E-state index contributed by atoms with van der Waals surface area (Å²) in [5, 5.41) is 5.99. The second-order valence-corrected chi connectivity index (χ2v) is 6.30. The predicted molar refractivity (Wildman–Crippen MR) is 112 cm³/mol. The van der Waals surface area contributed by atoms with Gasteiger partial charge < -0.3 is 20.3 Å². The average Bonchev–Trinajstić information content (AvgIpc) is 3.10. The van der Waals surface area contributed by atoms with E-state index in [1.807, 2.05) is 7.05 Å². The molecule has 1 amide bonds. The number of aliphatic imine (C=N–C) groups is 1. The van der Waals surface area contributed by atoms with E-state index < -0.39 is 0 Å². The molecule has 0 spiro atoms. The molecule has 0 bridgehead atoms. The first-order chi connectivity index (χ1) is 12.0. The number of aryl methyl sites for hydroxylation is 1. The molecule has 1 atom stereocenters. The van der Waals surface area contributed by atoms with Crippen molar-refractivity contribution < 1.29 is 13.9 Å². The highest BCUT2D eigenvalue weighted by Gasteiger charge is 2.19. The van der Waals surface area contributed by atoms with Crippen LogP contribution in [0.3, 0.4) is 0 Å². The van der Waals surface area contributed by atoms with Crippen LogP contribution in [0.2, 0.25) is 0 Å². The number of amides is 1. The van der Waals surface area contributed by atoms with Crippen LogP contribution in [-0.2, 0) is 4.74 Å². The van der Waals surface area contributed by atoms with Gasteiger partial charge >= 0.3 is 0 Å². The molecule has 8 heteroatoms. The zero-order valence-corrected chi connectivity index (χ0v) is 17.9. The molecule has 6 nitrogen and oxygen atoms in total. The Morgan fingerprint density at radius 2 is 2.12 bits per heavy atom. The SMILES string of the molecule is CN=C(NCCNC(=O)c1ccc(C)c(F)c1)N(C)CC1CCOC1.I. The minimum Gasteiger partial charge on any atom is -0.381 e. The highest BCUT2D eigenvalue weighted by atomic mass is 127. The van der Waals surface area contributed by atoms with E-state index in [4.69, 9.17) is 4.74 Å². The number of carbonyl (C=O) groups is 1. The van der Waals surface area contributed by atoms with Crippen LogP contribution in [0.15, 0.2) is 23.2 Å². The van der Waals surface area contributed by atoms with Crippen LogP contribution >= 0.6 is 24.0 Å². The molecule has 0 radical (unpaired) electrons. The summed E-state index contributed by atoms with van der Waals surface area (Å²) < 4.78 is 18.9. The first kappa shape index (κ1) is 22.6. The number of guanidine groups is 1. The first-order valence-electron chi connectivity index (χ1n) is 8.55. The van der Waals surface area contributed by atoms with Crippen molar-refractivity contribution >= 4 is 35.8 Å². The standard InChI is InChI=1S/C18H27FN4O2.HI/c1-13-4-5-15(10-16(13)19)17(24)21-7-8-22-18(20-2)23(3)11-14-6-9-25-12-14;/h4-5,10,14H,6-9,11-12H2,1-3H3,(H,20,22)(H,21,24);1H. The third-order valence-corrected chi connectivity index (χ3v) is 4.26. The maximum atomic E-state index is 13.5. The Bertz CT molecular complexity index is 621. The van der Waals surface area contributed by atoms with Gasteiger partial charge in [-0.3, -0.25) is 9.79 Å². The van der Waals surface area contributed by atoms with Gasteiger partial charge in [0.15, 0.2) is 5.96 Å². The lowest BCUT2D eigenvalue weighted by Crippen LogP contribution is -2.44. The fourth-order valence-corrected chi connectivity index (χ4v) is 2.77. The van der Waals surface area contributed by atoms with Crippen molar-refractivity contribution in [3.8, 4) is 0 Å². The highest BCUT2D eigenvalue weighted by Crippen LogP contribution is 2.13. The molecule has 1 unspecified atom stereocenters. The first-order valence-corrected chi connectivity index (χ1v) is 8.55. The quantitative estimate of drug-likeness (QED) is 0.284. The van der Waals surface area contributed by atoms with Crippen LogP contribution in [0.1, 0.15) is 22.3 Å². The van der Waals surface area contributed by atoms with E-state index in [9.17, 15) is 9.18 Å². The summed E-state index contributed by atoms with van der Waals surface area (Å²) in [5.74, 6) is 0.651. The van der Waals surface area contributed by atoms with Gasteiger partial charge in [0.05, 0.1) is 6.61 Å². The zero-order valence-electron chi connectivity index (χ0n) is 15.5. The van der Waals surface area contributed by atoms with E-state index in [0.29, 0.717) is 30.1 Å². The lowest BCUT2D eigenvalue weighted by Gasteiger charge is -2.24. The van der Waals surface area contributed by atoms with Crippen LogP contribution in [-0.4, -0.2) is 63.7 Å². The van der Waals surface area contributed by atoms with Gasteiger partial charge in [0.25, 0.3) is 5.91 Å². The third kappa shape index (κ3) is 6.71. The van der Waals surface area contributed by atoms with Crippen LogP contribution in [0.5, 0.6) is 0 Å². The average molecular weight is 478 g/mol. The normalized spacial score (nSPS) is 16.8. The summed E-state index contributed by atoms with van der Waals surface area (Å²) >= 11 is 0. The van der Waals surface area contributed by atoms with Crippen molar-refractivity contribution in [3.63, 3.8) is 0 Å². The molecule has 0 saturated carbocycles. The van der Waals surface area contributed by atoms with Crippen molar-refractivity contribution in [2.75, 3.05) is 46.9 Å². The number of rotatable bonds is 6. The molecule has 1 fully saturated rings. The molecule has 2 rings (SSSR count). The molecule has 1 heterocycles. The van der Waals surface area contributed by atoms with E-state index in [2.05, 4.69) is 20.5 Å². The van der Waals surface area contributed by atoms with Crippen LogP contribution in [0.25, 0.3) is 0 Å². The Labute approximate surface area is 171 Å². The minimum atomic E-state index is -0.372. The minimum absolute atomic E-state index is 0. The van der Waals surface area contributed by atoms with Gasteiger partial charge in [-0.25, -0.2) is 4.39 Å². The summed E-state index contributed by atoms with van der Waals surface area (Å²) in [6.45, 7) is 5.14. The number of nitrogens with zero attached hydrogens (tertiary/aromatic N) is 2. The van der Waals surface area contributed by atoms with E-state index in [1.54, 1.807) is 26.1 Å². The number of hydrogen-bond donors (Lipinski definition) is 2. The summed E-state index contributed by atoms with van der Waals surface area (Å²) in [5.41, 5.74) is 0.851. The molecule has 1 aromatic carbocycles. The number of ether oxygens (including phenoxy) is 1. The van der Waals surface area contributed by atoms with Crippen molar-refractivity contribution in [1.29, 1.82) is 0 Å². The van der Waals surface area contributed by atoms with Gasteiger partial charge in [-0.15, -0.1) is 24.0 Å². The molecule has 1 aromatic rings.